The number of nitrogens with zero attached hydrogens (tertiary/aromatic N) is 2. The number of nitro benzene ring substituents is 1. The van der Waals surface area contributed by atoms with Crippen LogP contribution in [0.25, 0.3) is 0 Å². The summed E-state index contributed by atoms with van der Waals surface area (Å²) in [6, 6.07) is 1.42. The number of nitrogens with one attached hydrogen (secondary N) is 2. The molecule has 0 aliphatic rings. The molecule has 2 amide bonds. The zero-order valence-corrected chi connectivity index (χ0v) is 13.9. The van der Waals surface area contributed by atoms with E-state index in [0.29, 0.717) is 12.1 Å². The van der Waals surface area contributed by atoms with Crippen molar-refractivity contribution >= 4 is 27.2 Å². The van der Waals surface area contributed by atoms with E-state index >= 15 is 0 Å². The van der Waals surface area contributed by atoms with Gasteiger partial charge >= 0.3 is 11.5 Å². The topological polar surface area (TPSA) is 122 Å². The quantitative estimate of drug-likeness (QED) is 0.436. The van der Waals surface area contributed by atoms with E-state index in [0.717, 1.165) is 6.07 Å². The Hall–Kier alpha value is -2.57. The van der Waals surface area contributed by atoms with Crippen LogP contribution < -0.4 is 10.6 Å². The monoisotopic (exact) mass is 384 g/mol. The highest BCUT2D eigenvalue weighted by Gasteiger charge is 2.47. The van der Waals surface area contributed by atoms with Gasteiger partial charge in [-0.05, 0) is 12.1 Å². The minimum Gasteiger partial charge on any atom is -0.378 e. The summed E-state index contributed by atoms with van der Waals surface area (Å²) in [4.78, 5) is 21.3. The van der Waals surface area contributed by atoms with Crippen LogP contribution in [0.2, 0.25) is 0 Å². The highest BCUT2D eigenvalue weighted by atomic mass is 32.2. The van der Waals surface area contributed by atoms with Crippen LogP contribution in [0.3, 0.4) is 0 Å². The summed E-state index contributed by atoms with van der Waals surface area (Å²) in [5, 5.41) is 16.0. The lowest BCUT2D eigenvalue weighted by molar-refractivity contribution is -0.384. The summed E-state index contributed by atoms with van der Waals surface area (Å²) in [7, 11) is -2.68. The van der Waals surface area contributed by atoms with E-state index in [2.05, 4.69) is 10.6 Å². The Balaban J connectivity index is 2.97. The van der Waals surface area contributed by atoms with Crippen molar-refractivity contribution in [2.45, 2.75) is 10.4 Å². The number of hydrogen-bond acceptors (Lipinski definition) is 6. The first-order valence-corrected chi connectivity index (χ1v) is 8.15. The van der Waals surface area contributed by atoms with Gasteiger partial charge in [0.1, 0.15) is 5.69 Å². The van der Waals surface area contributed by atoms with E-state index in [-0.39, 0.29) is 18.8 Å². The average Bonchev–Trinajstić information content (AvgIpc) is 2.49. The largest absolute Gasteiger partial charge is 0.501 e. The third-order valence-electron chi connectivity index (χ3n) is 2.90. The van der Waals surface area contributed by atoms with Crippen molar-refractivity contribution in [2.75, 3.05) is 32.5 Å². The molecule has 140 valence electrons. The zero-order chi connectivity index (χ0) is 19.4. The lowest BCUT2D eigenvalue weighted by Crippen LogP contribution is -2.37. The number of sulfone groups is 1. The third kappa shape index (κ3) is 4.95. The lowest BCUT2D eigenvalue weighted by atomic mass is 10.2. The van der Waals surface area contributed by atoms with Crippen molar-refractivity contribution in [1.29, 1.82) is 0 Å². The summed E-state index contributed by atoms with van der Waals surface area (Å²) in [5.41, 5.74) is -6.57. The number of urea groups is 1. The van der Waals surface area contributed by atoms with E-state index in [4.69, 9.17) is 0 Å². The zero-order valence-electron chi connectivity index (χ0n) is 13.1. The van der Waals surface area contributed by atoms with Gasteiger partial charge < -0.3 is 15.5 Å². The fraction of sp³-hybridized carbons (Fsp3) is 0.417. The van der Waals surface area contributed by atoms with Crippen molar-refractivity contribution in [1.82, 2.24) is 10.2 Å². The van der Waals surface area contributed by atoms with E-state index in [1.165, 1.54) is 19.0 Å². The molecule has 1 aromatic rings. The molecule has 0 aromatic heterocycles. The second kappa shape index (κ2) is 7.55. The number of alkyl halides is 3. The predicted octanol–water partition coefficient (Wildman–Crippen LogP) is 1.57. The molecular weight excluding hydrogens is 369 g/mol. The van der Waals surface area contributed by atoms with Crippen molar-refractivity contribution < 1.29 is 31.3 Å². The number of carbonyl (C=O) groups excluding carboxylic acids is 1. The number of halogens is 3. The van der Waals surface area contributed by atoms with Gasteiger partial charge in [-0.25, -0.2) is 13.2 Å². The van der Waals surface area contributed by atoms with Crippen LogP contribution >= 0.6 is 0 Å². The van der Waals surface area contributed by atoms with Gasteiger partial charge in [0, 0.05) is 33.3 Å². The maximum absolute atomic E-state index is 12.5. The molecule has 0 aliphatic heterocycles. The van der Waals surface area contributed by atoms with Crippen LogP contribution in [-0.2, 0) is 9.84 Å². The van der Waals surface area contributed by atoms with Gasteiger partial charge in [-0.1, -0.05) is 0 Å². The second-order valence-electron chi connectivity index (χ2n) is 4.94. The van der Waals surface area contributed by atoms with Crippen LogP contribution in [0, 0.1) is 10.1 Å². The Labute approximate surface area is 140 Å². The Morgan fingerprint density at radius 2 is 1.88 bits per heavy atom. The van der Waals surface area contributed by atoms with E-state index in [1.54, 1.807) is 0 Å². The molecule has 0 fully saturated rings. The molecule has 1 aromatic carbocycles. The van der Waals surface area contributed by atoms with Gasteiger partial charge in [-0.2, -0.15) is 13.2 Å². The minimum absolute atomic E-state index is 0.0335. The molecule has 1 rings (SSSR count). The second-order valence-corrected chi connectivity index (χ2v) is 6.88. The lowest BCUT2D eigenvalue weighted by Gasteiger charge is -2.13. The molecule has 2 N–H and O–H groups in total. The Kier molecular flexibility index (Phi) is 6.18. The molecule has 0 unspecified atom stereocenters. The molecule has 0 radical (unpaired) electrons. The van der Waals surface area contributed by atoms with Crippen molar-refractivity contribution in [3.8, 4) is 0 Å². The van der Waals surface area contributed by atoms with Gasteiger partial charge in [-0.3, -0.25) is 10.1 Å². The first-order valence-electron chi connectivity index (χ1n) is 6.66. The van der Waals surface area contributed by atoms with Crippen LogP contribution in [0.1, 0.15) is 0 Å². The first-order chi connectivity index (χ1) is 11.4. The molecule has 0 atom stereocenters. The number of benzene rings is 1. The molecule has 9 nitrogen and oxygen atoms in total. The summed E-state index contributed by atoms with van der Waals surface area (Å²) >= 11 is 0. The Bertz CT molecular complexity index is 765. The molecule has 0 heterocycles. The van der Waals surface area contributed by atoms with Crippen molar-refractivity contribution in [3.63, 3.8) is 0 Å². The normalized spacial score (nSPS) is 11.7. The van der Waals surface area contributed by atoms with Crippen molar-refractivity contribution in [3.05, 3.63) is 28.3 Å². The molecule has 0 aliphatic carbocycles. The SMILES string of the molecule is CN(C)C(=O)NCCNc1ccc(S(=O)(=O)C(F)(F)F)cc1[N+](=O)[O-]. The first kappa shape index (κ1) is 20.5. The summed E-state index contributed by atoms with van der Waals surface area (Å²) < 4.78 is 60.2. The molecule has 0 bridgehead atoms. The standard InChI is InChI=1S/C12H15F3N4O5S/c1-18(2)11(20)17-6-5-16-9-4-3-8(7-10(9)19(21)22)25(23,24)12(13,14)15/h3-4,7,16H,5-6H2,1-2H3,(H,17,20). The van der Waals surface area contributed by atoms with Crippen LogP contribution in [0.4, 0.5) is 29.3 Å². The van der Waals surface area contributed by atoms with Gasteiger partial charge in [0.05, 0.1) is 9.82 Å². The number of rotatable bonds is 6. The summed E-state index contributed by atoms with van der Waals surface area (Å²) in [5.74, 6) is 0. The highest BCUT2D eigenvalue weighted by molar-refractivity contribution is 7.92. The minimum atomic E-state index is -5.69. The molecule has 25 heavy (non-hydrogen) atoms. The molecule has 0 saturated heterocycles. The van der Waals surface area contributed by atoms with Gasteiger partial charge in [-0.15, -0.1) is 0 Å². The third-order valence-corrected chi connectivity index (χ3v) is 4.39. The number of hydrogen-bond donors (Lipinski definition) is 2. The molecule has 0 spiro atoms. The smallest absolute Gasteiger partial charge is 0.378 e. The molecule has 13 heteroatoms. The van der Waals surface area contributed by atoms with Gasteiger partial charge in [0.25, 0.3) is 15.5 Å². The summed E-state index contributed by atoms with van der Waals surface area (Å²) in [6.45, 7) is 0.114. The predicted molar refractivity (Wildman–Crippen MR) is 81.9 cm³/mol. The van der Waals surface area contributed by atoms with Crippen LogP contribution in [0.15, 0.2) is 23.1 Å². The number of amides is 2. The highest BCUT2D eigenvalue weighted by Crippen LogP contribution is 2.34. The number of nitro groups is 1. The van der Waals surface area contributed by atoms with E-state index < -0.39 is 36.9 Å². The molecule has 0 saturated carbocycles. The average molecular weight is 384 g/mol. The maximum Gasteiger partial charge on any atom is 0.501 e. The molecular formula is C12H15F3N4O5S. The Morgan fingerprint density at radius 1 is 1.28 bits per heavy atom. The van der Waals surface area contributed by atoms with Crippen LogP contribution in [0.5, 0.6) is 0 Å². The number of anilines is 1. The Morgan fingerprint density at radius 3 is 2.36 bits per heavy atom. The van der Waals surface area contributed by atoms with Gasteiger partial charge in [0.15, 0.2) is 0 Å². The number of carbonyl (C=O) groups is 1. The van der Waals surface area contributed by atoms with Gasteiger partial charge in [0.2, 0.25) is 0 Å². The van der Waals surface area contributed by atoms with E-state index in [1.807, 2.05) is 0 Å². The fourth-order valence-electron chi connectivity index (χ4n) is 1.64. The van der Waals surface area contributed by atoms with Crippen molar-refractivity contribution in [2.24, 2.45) is 0 Å². The summed E-state index contributed by atoms with van der Waals surface area (Å²) in [6.07, 6.45) is 0. The maximum atomic E-state index is 12.5. The van der Waals surface area contributed by atoms with E-state index in [9.17, 15) is 36.5 Å². The van der Waals surface area contributed by atoms with Crippen LogP contribution in [-0.4, -0.2) is 57.0 Å². The fourth-order valence-corrected chi connectivity index (χ4v) is 2.42.